The van der Waals surface area contributed by atoms with Crippen LogP contribution < -0.4 is 16.0 Å². The molecule has 0 saturated carbocycles. The highest BCUT2D eigenvalue weighted by Gasteiger charge is 2.35. The van der Waals surface area contributed by atoms with E-state index in [1.807, 2.05) is 56.3 Å². The molecule has 11 nitrogen and oxygen atoms in total. The summed E-state index contributed by atoms with van der Waals surface area (Å²) < 4.78 is 6.90. The summed E-state index contributed by atoms with van der Waals surface area (Å²) in [5.41, 5.74) is 2.50. The number of hydrogen-bond acceptors (Lipinski definition) is 6. The third-order valence-corrected chi connectivity index (χ3v) is 9.42. The van der Waals surface area contributed by atoms with E-state index in [0.29, 0.717) is 40.8 Å². The Morgan fingerprint density at radius 2 is 1.77 bits per heavy atom. The molecule has 4 aromatic rings. The molecule has 1 fully saturated rings. The highest BCUT2D eigenvalue weighted by molar-refractivity contribution is 6.31. The van der Waals surface area contributed by atoms with Gasteiger partial charge in [0.15, 0.2) is 0 Å². The maximum absolute atomic E-state index is 13.6. The van der Waals surface area contributed by atoms with E-state index in [-0.39, 0.29) is 35.6 Å². The Balaban J connectivity index is 1.43. The lowest BCUT2D eigenvalue weighted by Crippen LogP contribution is -2.52. The first-order chi connectivity index (χ1) is 22.4. The van der Waals surface area contributed by atoms with Crippen molar-refractivity contribution < 1.29 is 19.1 Å². The van der Waals surface area contributed by atoms with E-state index in [1.165, 1.54) is 4.68 Å². The number of carbonyl (C=O) groups excluding carboxylic acids is 3. The zero-order chi connectivity index (χ0) is 33.9. The summed E-state index contributed by atoms with van der Waals surface area (Å²) in [7, 11) is 1.72. The van der Waals surface area contributed by atoms with Crippen molar-refractivity contribution in [3.8, 4) is 0 Å². The van der Waals surface area contributed by atoms with Crippen LogP contribution in [0.15, 0.2) is 54.7 Å². The zero-order valence-electron chi connectivity index (χ0n) is 27.8. The van der Waals surface area contributed by atoms with Crippen molar-refractivity contribution in [2.24, 2.45) is 13.0 Å². The molecule has 250 valence electrons. The van der Waals surface area contributed by atoms with Crippen LogP contribution in [0.4, 0.5) is 0 Å². The van der Waals surface area contributed by atoms with Crippen molar-refractivity contribution in [2.75, 3.05) is 13.2 Å². The normalized spacial score (nSPS) is 16.1. The van der Waals surface area contributed by atoms with Gasteiger partial charge in [-0.05, 0) is 74.9 Å². The number of benzene rings is 2. The molecule has 3 atom stereocenters. The molecule has 0 aliphatic carbocycles. The Labute approximate surface area is 280 Å². The van der Waals surface area contributed by atoms with Crippen LogP contribution in [0, 0.1) is 5.92 Å². The number of nitrogens with zero attached hydrogens (tertiary/aromatic N) is 3. The summed E-state index contributed by atoms with van der Waals surface area (Å²) in [5, 5.41) is 13.9. The minimum absolute atomic E-state index is 0.0477. The van der Waals surface area contributed by atoms with Gasteiger partial charge in [-0.25, -0.2) is 4.98 Å². The number of H-pyrrole nitrogens is 1. The average molecular weight is 662 g/mol. The van der Waals surface area contributed by atoms with E-state index in [2.05, 4.69) is 39.9 Å². The third kappa shape index (κ3) is 7.52. The van der Waals surface area contributed by atoms with Gasteiger partial charge in [-0.3, -0.25) is 19.1 Å². The van der Waals surface area contributed by atoms with Gasteiger partial charge in [-0.2, -0.15) is 5.10 Å². The van der Waals surface area contributed by atoms with E-state index in [9.17, 15) is 14.4 Å². The molecule has 47 heavy (non-hydrogen) atoms. The fourth-order valence-electron chi connectivity index (χ4n) is 6.12. The van der Waals surface area contributed by atoms with Gasteiger partial charge in [0.2, 0.25) is 11.8 Å². The lowest BCUT2D eigenvalue weighted by atomic mass is 9.81. The number of carbonyl (C=O) groups is 3. The van der Waals surface area contributed by atoms with Gasteiger partial charge < -0.3 is 25.7 Å². The van der Waals surface area contributed by atoms with Gasteiger partial charge in [0.1, 0.15) is 17.6 Å². The third-order valence-electron chi connectivity index (χ3n) is 9.07. The quantitative estimate of drug-likeness (QED) is 0.179. The summed E-state index contributed by atoms with van der Waals surface area (Å²) in [4.78, 5) is 48.3. The van der Waals surface area contributed by atoms with Gasteiger partial charge in [-0.15, -0.1) is 0 Å². The summed E-state index contributed by atoms with van der Waals surface area (Å²) >= 11 is 6.71. The number of hydrogen-bond donors (Lipinski definition) is 4. The lowest BCUT2D eigenvalue weighted by Gasteiger charge is -2.31. The van der Waals surface area contributed by atoms with Gasteiger partial charge in [-0.1, -0.05) is 49.7 Å². The van der Waals surface area contributed by atoms with Gasteiger partial charge >= 0.3 is 0 Å². The first-order valence-electron chi connectivity index (χ1n) is 16.1. The number of aryl methyl sites for hydroxylation is 1. The average Bonchev–Trinajstić information content (AvgIpc) is 3.67. The van der Waals surface area contributed by atoms with Gasteiger partial charge in [0.25, 0.3) is 5.91 Å². The van der Waals surface area contributed by atoms with E-state index >= 15 is 0 Å². The van der Waals surface area contributed by atoms with Crippen molar-refractivity contribution in [2.45, 2.75) is 76.9 Å². The maximum Gasteiger partial charge on any atom is 0.270 e. The minimum atomic E-state index is -0.960. The van der Waals surface area contributed by atoms with Crippen molar-refractivity contribution in [1.29, 1.82) is 0 Å². The van der Waals surface area contributed by atoms with Crippen LogP contribution in [0.25, 0.3) is 11.0 Å². The Kier molecular flexibility index (Phi) is 10.4. The number of ether oxygens (including phenoxy) is 1. The SMILES string of the molecule is CC(C)C(c1ccccc1Cl)C(NC(=O)c1ccnn1C)c1nc2ccc(C(C)(C)C(=O)N[C@H](C)C(=O)NC3CCOCC3)cc2[nH]1. The molecular formula is C35H44ClN7O4. The van der Waals surface area contributed by atoms with Crippen molar-refractivity contribution in [3.05, 3.63) is 82.4 Å². The number of nitrogens with one attached hydrogen (secondary N) is 4. The molecule has 1 aliphatic heterocycles. The number of imidazole rings is 1. The summed E-state index contributed by atoms with van der Waals surface area (Å²) in [6.45, 7) is 10.8. The molecule has 2 aromatic carbocycles. The predicted octanol–water partition coefficient (Wildman–Crippen LogP) is 4.94. The zero-order valence-corrected chi connectivity index (χ0v) is 28.5. The first-order valence-corrected chi connectivity index (χ1v) is 16.5. The number of aromatic nitrogens is 4. The Bertz CT molecular complexity index is 1740. The second-order valence-corrected chi connectivity index (χ2v) is 13.6. The Morgan fingerprint density at radius 3 is 2.43 bits per heavy atom. The monoisotopic (exact) mass is 661 g/mol. The van der Waals surface area contributed by atoms with E-state index in [0.717, 1.165) is 24.0 Å². The van der Waals surface area contributed by atoms with E-state index in [4.69, 9.17) is 21.3 Å². The largest absolute Gasteiger partial charge is 0.381 e. The molecule has 2 aromatic heterocycles. The van der Waals surface area contributed by atoms with Crippen LogP contribution in [0.1, 0.15) is 86.9 Å². The van der Waals surface area contributed by atoms with Crippen LogP contribution in [0.3, 0.4) is 0 Å². The molecule has 4 N–H and O–H groups in total. The van der Waals surface area contributed by atoms with Crippen LogP contribution >= 0.6 is 11.6 Å². The predicted molar refractivity (Wildman–Crippen MR) is 181 cm³/mol. The fourth-order valence-corrected chi connectivity index (χ4v) is 6.38. The first kappa shape index (κ1) is 34.1. The van der Waals surface area contributed by atoms with Crippen LogP contribution in [-0.2, 0) is 26.8 Å². The fraction of sp³-hybridized carbons (Fsp3) is 0.457. The van der Waals surface area contributed by atoms with Crippen LogP contribution in [0.2, 0.25) is 5.02 Å². The van der Waals surface area contributed by atoms with Gasteiger partial charge in [0.05, 0.1) is 22.5 Å². The molecule has 0 radical (unpaired) electrons. The summed E-state index contributed by atoms with van der Waals surface area (Å²) in [6.07, 6.45) is 3.10. The highest BCUT2D eigenvalue weighted by Crippen LogP contribution is 2.40. The molecule has 1 aliphatic rings. The molecule has 1 saturated heterocycles. The Morgan fingerprint density at radius 1 is 1.04 bits per heavy atom. The number of halogens is 1. The standard InChI is InChI=1S/C35H44ClN7O4/c1-20(2)29(24-9-7-8-10-25(24)36)30(42-33(45)28-13-16-37-43(28)6)31-40-26-12-11-22(19-27(26)41-31)35(4,5)34(46)38-21(3)32(44)39-23-14-17-47-18-15-23/h7-13,16,19-21,23,29-30H,14-15,17-18H2,1-6H3,(H,38,46)(H,39,44)(H,40,41)(H,42,45)/t21-,29?,30?/m1/s1. The van der Waals surface area contributed by atoms with Crippen LogP contribution in [0.5, 0.6) is 0 Å². The second kappa shape index (κ2) is 14.3. The van der Waals surface area contributed by atoms with Gasteiger partial charge in [0, 0.05) is 43.4 Å². The molecule has 0 spiro atoms. The molecule has 3 amide bonds. The van der Waals surface area contributed by atoms with E-state index in [1.54, 1.807) is 26.2 Å². The molecule has 2 unspecified atom stereocenters. The molecule has 12 heteroatoms. The number of aromatic amines is 1. The smallest absolute Gasteiger partial charge is 0.270 e. The maximum atomic E-state index is 13.6. The molecule has 3 heterocycles. The van der Waals surface area contributed by atoms with Crippen molar-refractivity contribution in [1.82, 2.24) is 35.7 Å². The second-order valence-electron chi connectivity index (χ2n) is 13.2. The highest BCUT2D eigenvalue weighted by atomic mass is 35.5. The summed E-state index contributed by atoms with van der Waals surface area (Å²) in [6, 6.07) is 13.7. The van der Waals surface area contributed by atoms with Crippen LogP contribution in [-0.4, -0.2) is 62.8 Å². The van der Waals surface area contributed by atoms with Crippen molar-refractivity contribution in [3.63, 3.8) is 0 Å². The number of fused-ring (bicyclic) bond motifs is 1. The number of amides is 3. The molecule has 5 rings (SSSR count). The number of rotatable bonds is 11. The minimum Gasteiger partial charge on any atom is -0.381 e. The topological polar surface area (TPSA) is 143 Å². The molecule has 0 bridgehead atoms. The summed E-state index contributed by atoms with van der Waals surface area (Å²) in [5.74, 6) is -0.368. The van der Waals surface area contributed by atoms with E-state index < -0.39 is 17.5 Å². The molecular weight excluding hydrogens is 618 g/mol. The Hall–Kier alpha value is -4.22. The van der Waals surface area contributed by atoms with Crippen molar-refractivity contribution >= 4 is 40.4 Å². The lowest BCUT2D eigenvalue weighted by molar-refractivity contribution is -0.131.